The van der Waals surface area contributed by atoms with Gasteiger partial charge in [-0.25, -0.2) is 13.1 Å². The highest BCUT2D eigenvalue weighted by Gasteiger charge is 2.21. The molecule has 0 fully saturated rings. The van der Waals surface area contributed by atoms with Crippen molar-refractivity contribution in [3.05, 3.63) is 0 Å². The van der Waals surface area contributed by atoms with E-state index in [9.17, 15) is 8.42 Å². The second-order valence-electron chi connectivity index (χ2n) is 4.95. The number of nitrogens with one attached hydrogen (secondary N) is 1. The van der Waals surface area contributed by atoms with Crippen molar-refractivity contribution in [3.63, 3.8) is 0 Å². The predicted octanol–water partition coefficient (Wildman–Crippen LogP) is -0.533. The molecule has 0 heterocycles. The van der Waals surface area contributed by atoms with Gasteiger partial charge in [0, 0.05) is 19.1 Å². The maximum absolute atomic E-state index is 11.8. The van der Waals surface area contributed by atoms with Crippen LogP contribution >= 0.6 is 0 Å². The molecular weight excluding hydrogens is 254 g/mol. The molecule has 1 unspecified atom stereocenters. The third-order valence-electron chi connectivity index (χ3n) is 2.46. The second kappa shape index (κ2) is 8.82. The van der Waals surface area contributed by atoms with Crippen molar-refractivity contribution in [1.29, 1.82) is 0 Å². The lowest BCUT2D eigenvalue weighted by Gasteiger charge is -2.25. The number of nitrogens with zero attached hydrogens (tertiary/aromatic N) is 1. The van der Waals surface area contributed by atoms with Gasteiger partial charge in [0.1, 0.15) is 0 Å². The van der Waals surface area contributed by atoms with Gasteiger partial charge in [-0.2, -0.15) is 0 Å². The van der Waals surface area contributed by atoms with Crippen LogP contribution in [0.25, 0.3) is 0 Å². The first-order chi connectivity index (χ1) is 8.28. The van der Waals surface area contributed by atoms with Crippen LogP contribution in [0.15, 0.2) is 0 Å². The minimum absolute atomic E-state index is 0.0242. The molecule has 0 spiro atoms. The molecule has 0 aromatic rings. The van der Waals surface area contributed by atoms with Crippen molar-refractivity contribution in [2.24, 2.45) is 11.7 Å². The van der Waals surface area contributed by atoms with Gasteiger partial charge in [0.2, 0.25) is 10.0 Å². The zero-order chi connectivity index (χ0) is 14.2. The fourth-order valence-corrected chi connectivity index (χ4v) is 2.68. The molecule has 18 heavy (non-hydrogen) atoms. The molecule has 0 amide bonds. The van der Waals surface area contributed by atoms with Crippen molar-refractivity contribution in [2.75, 3.05) is 46.2 Å². The Morgan fingerprint density at radius 1 is 1.28 bits per heavy atom. The van der Waals surface area contributed by atoms with Crippen LogP contribution in [-0.2, 0) is 14.8 Å². The maximum Gasteiger partial charge on any atom is 0.214 e. The zero-order valence-electron chi connectivity index (χ0n) is 11.8. The van der Waals surface area contributed by atoms with E-state index in [0.717, 1.165) is 0 Å². The first-order valence-corrected chi connectivity index (χ1v) is 7.86. The number of nitrogens with two attached hydrogens (primary N) is 1. The first kappa shape index (κ1) is 17.8. The molecule has 3 N–H and O–H groups in total. The van der Waals surface area contributed by atoms with Gasteiger partial charge in [0.25, 0.3) is 0 Å². The number of sulfonamides is 1. The van der Waals surface area contributed by atoms with E-state index >= 15 is 0 Å². The van der Waals surface area contributed by atoms with Crippen LogP contribution < -0.4 is 10.5 Å². The van der Waals surface area contributed by atoms with Crippen LogP contribution in [0, 0.1) is 5.92 Å². The molecule has 0 saturated carbocycles. The van der Waals surface area contributed by atoms with Gasteiger partial charge in [-0.1, -0.05) is 13.8 Å². The molecule has 0 aliphatic heterocycles. The van der Waals surface area contributed by atoms with Gasteiger partial charge in [0.15, 0.2) is 0 Å². The monoisotopic (exact) mass is 281 g/mol. The van der Waals surface area contributed by atoms with Crippen LogP contribution in [0.2, 0.25) is 0 Å². The largest absolute Gasteiger partial charge is 0.379 e. The van der Waals surface area contributed by atoms with Crippen molar-refractivity contribution in [3.8, 4) is 0 Å². The number of hydrogen-bond acceptors (Lipinski definition) is 5. The lowest BCUT2D eigenvalue weighted by atomic mass is 10.1. The Labute approximate surface area is 111 Å². The third-order valence-corrected chi connectivity index (χ3v) is 3.82. The van der Waals surface area contributed by atoms with E-state index in [0.29, 0.717) is 19.7 Å². The summed E-state index contributed by atoms with van der Waals surface area (Å²) < 4.78 is 31.5. The van der Waals surface area contributed by atoms with Crippen LogP contribution in [0.5, 0.6) is 0 Å². The molecule has 0 radical (unpaired) electrons. The number of hydrogen-bond donors (Lipinski definition) is 2. The van der Waals surface area contributed by atoms with Crippen LogP contribution in [0.4, 0.5) is 0 Å². The van der Waals surface area contributed by atoms with Crippen molar-refractivity contribution >= 4 is 10.0 Å². The van der Waals surface area contributed by atoms with E-state index in [1.165, 1.54) is 0 Å². The summed E-state index contributed by atoms with van der Waals surface area (Å²) in [5.41, 5.74) is 5.26. The van der Waals surface area contributed by atoms with Crippen LogP contribution in [-0.4, -0.2) is 65.5 Å². The smallest absolute Gasteiger partial charge is 0.214 e. The lowest BCUT2D eigenvalue weighted by molar-refractivity contribution is 0.156. The molecule has 0 aromatic carbocycles. The number of rotatable bonds is 10. The molecule has 0 aliphatic carbocycles. The Balaban J connectivity index is 4.24. The Bertz CT molecular complexity index is 305. The van der Waals surface area contributed by atoms with Crippen LogP contribution in [0.3, 0.4) is 0 Å². The first-order valence-electron chi connectivity index (χ1n) is 6.21. The van der Waals surface area contributed by atoms with E-state index in [1.54, 1.807) is 0 Å². The summed E-state index contributed by atoms with van der Waals surface area (Å²) >= 11 is 0. The number of ether oxygens (including phenoxy) is 1. The molecule has 0 aromatic heterocycles. The van der Waals surface area contributed by atoms with Crippen molar-refractivity contribution < 1.29 is 13.2 Å². The highest BCUT2D eigenvalue weighted by molar-refractivity contribution is 7.89. The van der Waals surface area contributed by atoms with E-state index in [2.05, 4.69) is 4.72 Å². The standard InChI is InChI=1S/C11H27N3O3S/c1-10(2)11(9-14(3)4)13-18(15,16)8-7-17-6-5-12/h10-11,13H,5-9,12H2,1-4H3. The Hall–Kier alpha value is -0.210. The van der Waals surface area contributed by atoms with E-state index in [-0.39, 0.29) is 24.3 Å². The summed E-state index contributed by atoms with van der Waals surface area (Å²) in [7, 11) is 0.555. The average Bonchev–Trinajstić information content (AvgIpc) is 2.22. The van der Waals surface area contributed by atoms with E-state index in [1.807, 2.05) is 32.8 Å². The summed E-state index contributed by atoms with van der Waals surface area (Å²) in [5.74, 6) is 0.219. The molecule has 0 rings (SSSR count). The van der Waals surface area contributed by atoms with Crippen LogP contribution in [0.1, 0.15) is 13.8 Å². The molecular formula is C11H27N3O3S. The molecule has 110 valence electrons. The summed E-state index contributed by atoms with van der Waals surface area (Å²) in [6.45, 7) is 5.66. The minimum Gasteiger partial charge on any atom is -0.379 e. The second-order valence-corrected chi connectivity index (χ2v) is 6.82. The van der Waals surface area contributed by atoms with Gasteiger partial charge in [-0.3, -0.25) is 0 Å². The van der Waals surface area contributed by atoms with Gasteiger partial charge in [0.05, 0.1) is 19.0 Å². The van der Waals surface area contributed by atoms with Gasteiger partial charge in [-0.05, 0) is 20.0 Å². The summed E-state index contributed by atoms with van der Waals surface area (Å²) in [6, 6.07) is -0.0838. The maximum atomic E-state index is 11.8. The van der Waals surface area contributed by atoms with Gasteiger partial charge < -0.3 is 15.4 Å². The van der Waals surface area contributed by atoms with Crippen molar-refractivity contribution in [2.45, 2.75) is 19.9 Å². The fourth-order valence-electron chi connectivity index (χ4n) is 1.42. The van der Waals surface area contributed by atoms with E-state index in [4.69, 9.17) is 10.5 Å². The predicted molar refractivity (Wildman–Crippen MR) is 74.0 cm³/mol. The fraction of sp³-hybridized carbons (Fsp3) is 1.00. The third kappa shape index (κ3) is 8.82. The average molecular weight is 281 g/mol. The minimum atomic E-state index is -3.29. The number of likely N-dealkylation sites (N-methyl/N-ethyl adjacent to an activating group) is 1. The molecule has 0 saturated heterocycles. The molecule has 0 bridgehead atoms. The summed E-state index contributed by atoms with van der Waals surface area (Å²) in [4.78, 5) is 1.97. The Kier molecular flexibility index (Phi) is 8.71. The lowest BCUT2D eigenvalue weighted by Crippen LogP contribution is -2.46. The molecule has 0 aliphatic rings. The van der Waals surface area contributed by atoms with Gasteiger partial charge in [-0.15, -0.1) is 0 Å². The highest BCUT2D eigenvalue weighted by Crippen LogP contribution is 2.04. The molecule has 7 heteroatoms. The Morgan fingerprint density at radius 2 is 1.89 bits per heavy atom. The summed E-state index contributed by atoms with van der Waals surface area (Å²) in [5, 5.41) is 0. The van der Waals surface area contributed by atoms with Crippen molar-refractivity contribution in [1.82, 2.24) is 9.62 Å². The molecule has 1 atom stereocenters. The van der Waals surface area contributed by atoms with E-state index < -0.39 is 10.0 Å². The van der Waals surface area contributed by atoms with Gasteiger partial charge >= 0.3 is 0 Å². The topological polar surface area (TPSA) is 84.7 Å². The zero-order valence-corrected chi connectivity index (χ0v) is 12.7. The highest BCUT2D eigenvalue weighted by atomic mass is 32.2. The Morgan fingerprint density at radius 3 is 2.33 bits per heavy atom. The molecule has 6 nitrogen and oxygen atoms in total. The SMILES string of the molecule is CC(C)C(CN(C)C)NS(=O)(=O)CCOCCN. The quantitative estimate of drug-likeness (QED) is 0.526. The summed E-state index contributed by atoms with van der Waals surface area (Å²) in [6.07, 6.45) is 0. The normalized spacial score (nSPS) is 14.4.